The van der Waals surface area contributed by atoms with Gasteiger partial charge in [0.2, 0.25) is 0 Å². The number of ether oxygens (including phenoxy) is 2. The first-order valence-corrected chi connectivity index (χ1v) is 5.86. The van der Waals surface area contributed by atoms with E-state index >= 15 is 0 Å². The highest BCUT2D eigenvalue weighted by Gasteiger charge is 2.08. The van der Waals surface area contributed by atoms with Crippen LogP contribution in [0, 0.1) is 0 Å². The fourth-order valence-corrected chi connectivity index (χ4v) is 1.54. The maximum atomic E-state index is 10.9. The maximum absolute atomic E-state index is 10.9. The zero-order valence-corrected chi connectivity index (χ0v) is 10.9. The second-order valence-electron chi connectivity index (χ2n) is 4.35. The van der Waals surface area contributed by atoms with Gasteiger partial charge in [0.05, 0.1) is 13.2 Å². The topological polar surface area (TPSA) is 35.5 Å². The average Bonchev–Trinajstić information content (AvgIpc) is 2.25. The van der Waals surface area contributed by atoms with Crippen molar-refractivity contribution in [3.05, 3.63) is 23.8 Å². The molecule has 17 heavy (non-hydrogen) atoms. The van der Waals surface area contributed by atoms with Gasteiger partial charge in [-0.1, -0.05) is 6.07 Å². The molecule has 94 valence electrons. The summed E-state index contributed by atoms with van der Waals surface area (Å²) >= 11 is 0. The van der Waals surface area contributed by atoms with Crippen molar-refractivity contribution in [2.45, 2.75) is 39.7 Å². The Morgan fingerprint density at radius 2 is 2.00 bits per heavy atom. The van der Waals surface area contributed by atoms with E-state index in [2.05, 4.69) is 0 Å². The SMILES string of the molecule is COc1ccc(CCC(C)=O)cc1OC(C)C. The number of carbonyl (C=O) groups is 1. The Morgan fingerprint density at radius 3 is 2.53 bits per heavy atom. The molecule has 0 N–H and O–H groups in total. The molecule has 0 saturated heterocycles. The van der Waals surface area contributed by atoms with Crippen LogP contribution in [0.5, 0.6) is 11.5 Å². The molecule has 0 bridgehead atoms. The molecule has 0 aliphatic carbocycles. The first-order chi connectivity index (χ1) is 8.02. The lowest BCUT2D eigenvalue weighted by Crippen LogP contribution is -2.07. The van der Waals surface area contributed by atoms with Crippen LogP contribution in [0.1, 0.15) is 32.8 Å². The van der Waals surface area contributed by atoms with Gasteiger partial charge in [-0.25, -0.2) is 0 Å². The van der Waals surface area contributed by atoms with Gasteiger partial charge >= 0.3 is 0 Å². The third-order valence-electron chi connectivity index (χ3n) is 2.36. The number of Topliss-reactive ketones (excluding diaryl/α,β-unsaturated/α-hetero) is 1. The van der Waals surface area contributed by atoms with Gasteiger partial charge in [-0.15, -0.1) is 0 Å². The highest BCUT2D eigenvalue weighted by atomic mass is 16.5. The van der Waals surface area contributed by atoms with Crippen molar-refractivity contribution in [3.8, 4) is 11.5 Å². The molecule has 0 saturated carbocycles. The number of benzene rings is 1. The molecule has 0 amide bonds. The van der Waals surface area contributed by atoms with E-state index in [1.54, 1.807) is 14.0 Å². The molecule has 3 nitrogen and oxygen atoms in total. The van der Waals surface area contributed by atoms with Crippen molar-refractivity contribution in [2.75, 3.05) is 7.11 Å². The summed E-state index contributed by atoms with van der Waals surface area (Å²) in [6.45, 7) is 5.55. The minimum absolute atomic E-state index is 0.104. The van der Waals surface area contributed by atoms with E-state index in [9.17, 15) is 4.79 Å². The summed E-state index contributed by atoms with van der Waals surface area (Å²) in [6.07, 6.45) is 1.41. The summed E-state index contributed by atoms with van der Waals surface area (Å²) in [5, 5.41) is 0. The molecular weight excluding hydrogens is 216 g/mol. The summed E-state index contributed by atoms with van der Waals surface area (Å²) < 4.78 is 10.9. The van der Waals surface area contributed by atoms with E-state index in [-0.39, 0.29) is 11.9 Å². The molecule has 1 rings (SSSR count). The van der Waals surface area contributed by atoms with E-state index in [0.29, 0.717) is 6.42 Å². The second-order valence-corrected chi connectivity index (χ2v) is 4.35. The Kier molecular flexibility index (Phi) is 5.01. The quantitative estimate of drug-likeness (QED) is 0.761. The fourth-order valence-electron chi connectivity index (χ4n) is 1.54. The van der Waals surface area contributed by atoms with E-state index < -0.39 is 0 Å². The van der Waals surface area contributed by atoms with Gasteiger partial charge in [0.1, 0.15) is 5.78 Å². The standard InChI is InChI=1S/C14H20O3/c1-10(2)17-14-9-12(6-5-11(3)15)7-8-13(14)16-4/h7-10H,5-6H2,1-4H3. The molecule has 0 unspecified atom stereocenters. The Labute approximate surface area is 103 Å². The Hall–Kier alpha value is -1.51. The molecule has 0 atom stereocenters. The summed E-state index contributed by atoms with van der Waals surface area (Å²) in [4.78, 5) is 10.9. The Morgan fingerprint density at radius 1 is 1.29 bits per heavy atom. The van der Waals surface area contributed by atoms with Crippen LogP contribution in [-0.4, -0.2) is 19.0 Å². The molecule has 0 aliphatic rings. The van der Waals surface area contributed by atoms with E-state index in [1.807, 2.05) is 32.0 Å². The van der Waals surface area contributed by atoms with Crippen LogP contribution in [0.4, 0.5) is 0 Å². The average molecular weight is 236 g/mol. The molecule has 1 aromatic rings. The molecule has 0 aromatic heterocycles. The summed E-state index contributed by atoms with van der Waals surface area (Å²) in [5.41, 5.74) is 1.09. The van der Waals surface area contributed by atoms with Gasteiger partial charge in [0.25, 0.3) is 0 Å². The van der Waals surface area contributed by atoms with Crippen LogP contribution in [0.15, 0.2) is 18.2 Å². The van der Waals surface area contributed by atoms with Crippen molar-refractivity contribution in [1.29, 1.82) is 0 Å². The van der Waals surface area contributed by atoms with Crippen molar-refractivity contribution in [3.63, 3.8) is 0 Å². The van der Waals surface area contributed by atoms with Gasteiger partial charge in [-0.3, -0.25) is 0 Å². The Balaban J connectivity index is 2.84. The molecule has 0 heterocycles. The molecular formula is C14H20O3. The maximum Gasteiger partial charge on any atom is 0.161 e. The van der Waals surface area contributed by atoms with E-state index in [4.69, 9.17) is 9.47 Å². The van der Waals surface area contributed by atoms with Crippen LogP contribution < -0.4 is 9.47 Å². The van der Waals surface area contributed by atoms with E-state index in [1.165, 1.54) is 0 Å². The van der Waals surface area contributed by atoms with Gasteiger partial charge in [0.15, 0.2) is 11.5 Å². The van der Waals surface area contributed by atoms with Gasteiger partial charge in [0, 0.05) is 6.42 Å². The summed E-state index contributed by atoms with van der Waals surface area (Å²) in [7, 11) is 1.62. The van der Waals surface area contributed by atoms with Gasteiger partial charge in [-0.05, 0) is 44.9 Å². The minimum Gasteiger partial charge on any atom is -0.493 e. The summed E-state index contributed by atoms with van der Waals surface area (Å²) in [6, 6.07) is 5.80. The van der Waals surface area contributed by atoms with Gasteiger partial charge < -0.3 is 14.3 Å². The lowest BCUT2D eigenvalue weighted by Gasteiger charge is -2.14. The van der Waals surface area contributed by atoms with Crippen LogP contribution in [0.3, 0.4) is 0 Å². The molecule has 0 radical (unpaired) electrons. The number of aryl methyl sites for hydroxylation is 1. The largest absolute Gasteiger partial charge is 0.493 e. The number of carbonyl (C=O) groups excluding carboxylic acids is 1. The van der Waals surface area contributed by atoms with Crippen LogP contribution >= 0.6 is 0 Å². The van der Waals surface area contributed by atoms with Gasteiger partial charge in [-0.2, -0.15) is 0 Å². The molecule has 0 aliphatic heterocycles. The van der Waals surface area contributed by atoms with Crippen molar-refractivity contribution in [2.24, 2.45) is 0 Å². The molecule has 0 fully saturated rings. The number of methoxy groups -OCH3 is 1. The number of rotatable bonds is 6. The van der Waals surface area contributed by atoms with Crippen molar-refractivity contribution >= 4 is 5.78 Å². The third-order valence-corrected chi connectivity index (χ3v) is 2.36. The third kappa shape index (κ3) is 4.47. The first-order valence-electron chi connectivity index (χ1n) is 5.86. The molecule has 3 heteroatoms. The van der Waals surface area contributed by atoms with E-state index in [0.717, 1.165) is 23.5 Å². The predicted octanol–water partition coefficient (Wildman–Crippen LogP) is 3.00. The fraction of sp³-hybridized carbons (Fsp3) is 0.500. The summed E-state index contributed by atoms with van der Waals surface area (Å²) in [5.74, 6) is 1.67. The van der Waals surface area contributed by atoms with Crippen molar-refractivity contribution in [1.82, 2.24) is 0 Å². The highest BCUT2D eigenvalue weighted by Crippen LogP contribution is 2.29. The molecule has 1 aromatic carbocycles. The smallest absolute Gasteiger partial charge is 0.161 e. The highest BCUT2D eigenvalue weighted by molar-refractivity contribution is 5.75. The van der Waals surface area contributed by atoms with Crippen molar-refractivity contribution < 1.29 is 14.3 Å². The lowest BCUT2D eigenvalue weighted by atomic mass is 10.1. The Bertz CT molecular complexity index is 383. The second kappa shape index (κ2) is 6.28. The van der Waals surface area contributed by atoms with Crippen LogP contribution in [0.25, 0.3) is 0 Å². The van der Waals surface area contributed by atoms with Crippen LogP contribution in [0.2, 0.25) is 0 Å². The lowest BCUT2D eigenvalue weighted by molar-refractivity contribution is -0.116. The predicted molar refractivity (Wildman–Crippen MR) is 67.8 cm³/mol. The number of hydrogen-bond donors (Lipinski definition) is 0. The minimum atomic E-state index is 0.104. The zero-order valence-electron chi connectivity index (χ0n) is 10.9. The zero-order chi connectivity index (χ0) is 12.8. The number of ketones is 1. The molecule has 0 spiro atoms. The monoisotopic (exact) mass is 236 g/mol. The normalized spacial score (nSPS) is 10.4. The first kappa shape index (κ1) is 13.6. The van der Waals surface area contributed by atoms with Crippen LogP contribution in [-0.2, 0) is 11.2 Å². The number of hydrogen-bond acceptors (Lipinski definition) is 3.